The van der Waals surface area contributed by atoms with Gasteiger partial charge in [0.15, 0.2) is 5.16 Å². The number of carbonyl (C=O) groups is 1. The topological polar surface area (TPSA) is 72.3 Å². The normalized spacial score (nSPS) is 15.1. The molecule has 0 N–H and O–H groups in total. The maximum atomic E-state index is 13.4. The van der Waals surface area contributed by atoms with E-state index in [1.165, 1.54) is 11.8 Å². The van der Waals surface area contributed by atoms with Gasteiger partial charge in [0.1, 0.15) is 5.15 Å². The molecule has 1 rings (SSSR count). The van der Waals surface area contributed by atoms with Gasteiger partial charge in [0.25, 0.3) is 5.91 Å². The second kappa shape index (κ2) is 7.07. The van der Waals surface area contributed by atoms with E-state index in [0.29, 0.717) is 10.9 Å². The standard InChI is InChI=1S/C15H24ClN3O2S2/c1-14(2,3)12(20)19-23(21,15(4,5)6)9-10-8-11(16)18-13(17-10)22-7/h8H,9H2,1-7H3/t23-/m0/s1. The maximum absolute atomic E-state index is 13.4. The lowest BCUT2D eigenvalue weighted by Gasteiger charge is -2.25. The van der Waals surface area contributed by atoms with Gasteiger partial charge in [-0.3, -0.25) is 4.79 Å². The van der Waals surface area contributed by atoms with E-state index < -0.39 is 19.9 Å². The van der Waals surface area contributed by atoms with Gasteiger partial charge < -0.3 is 0 Å². The second-order valence-electron chi connectivity index (χ2n) is 7.21. The Morgan fingerprint density at radius 3 is 2.26 bits per heavy atom. The first-order chi connectivity index (χ1) is 10.3. The zero-order chi connectivity index (χ0) is 18.1. The fraction of sp³-hybridized carbons (Fsp3) is 0.667. The van der Waals surface area contributed by atoms with E-state index in [2.05, 4.69) is 14.3 Å². The van der Waals surface area contributed by atoms with Crippen LogP contribution in [0.5, 0.6) is 0 Å². The molecule has 0 fully saturated rings. The minimum Gasteiger partial charge on any atom is -0.271 e. The largest absolute Gasteiger partial charge is 0.271 e. The average molecular weight is 378 g/mol. The van der Waals surface area contributed by atoms with Crippen LogP contribution in [0.4, 0.5) is 0 Å². The lowest BCUT2D eigenvalue weighted by Crippen LogP contribution is -2.32. The third-order valence-corrected chi connectivity index (χ3v) is 6.89. The van der Waals surface area contributed by atoms with E-state index in [0.717, 1.165) is 0 Å². The Bertz CT molecular complexity index is 712. The summed E-state index contributed by atoms with van der Waals surface area (Å²) in [5, 5.41) is 0.794. The van der Waals surface area contributed by atoms with Crippen LogP contribution in [-0.4, -0.2) is 31.1 Å². The van der Waals surface area contributed by atoms with Crippen molar-refractivity contribution in [3.8, 4) is 0 Å². The molecule has 0 spiro atoms. The van der Waals surface area contributed by atoms with Crippen molar-refractivity contribution in [1.29, 1.82) is 0 Å². The Kier molecular flexibility index (Phi) is 6.27. The van der Waals surface area contributed by atoms with Gasteiger partial charge >= 0.3 is 0 Å². The number of nitrogens with zero attached hydrogens (tertiary/aromatic N) is 3. The molecule has 1 aromatic heterocycles. The summed E-state index contributed by atoms with van der Waals surface area (Å²) < 4.78 is 16.9. The summed E-state index contributed by atoms with van der Waals surface area (Å²) in [6.07, 6.45) is 1.84. The van der Waals surface area contributed by atoms with Gasteiger partial charge in [-0.25, -0.2) is 14.2 Å². The molecule has 0 aliphatic heterocycles. The van der Waals surface area contributed by atoms with Crippen molar-refractivity contribution in [2.45, 2.75) is 57.2 Å². The van der Waals surface area contributed by atoms with Crippen LogP contribution in [0.15, 0.2) is 15.6 Å². The van der Waals surface area contributed by atoms with Crippen LogP contribution >= 0.6 is 23.4 Å². The lowest BCUT2D eigenvalue weighted by molar-refractivity contribution is -0.124. The summed E-state index contributed by atoms with van der Waals surface area (Å²) >= 11 is 7.35. The summed E-state index contributed by atoms with van der Waals surface area (Å²) in [6.45, 7) is 10.7. The lowest BCUT2D eigenvalue weighted by atomic mass is 9.96. The van der Waals surface area contributed by atoms with E-state index in [1.54, 1.807) is 26.8 Å². The molecule has 0 aromatic carbocycles. The Morgan fingerprint density at radius 2 is 1.83 bits per heavy atom. The molecule has 0 radical (unpaired) electrons. The van der Waals surface area contributed by atoms with Crippen LogP contribution in [0.3, 0.4) is 0 Å². The van der Waals surface area contributed by atoms with Gasteiger partial charge in [0, 0.05) is 10.2 Å². The molecule has 0 saturated heterocycles. The highest BCUT2D eigenvalue weighted by molar-refractivity contribution is 7.98. The van der Waals surface area contributed by atoms with Crippen LogP contribution < -0.4 is 0 Å². The Hall–Kier alpha value is -0.660. The van der Waals surface area contributed by atoms with Crippen LogP contribution in [0.1, 0.15) is 47.2 Å². The minimum atomic E-state index is -2.87. The number of rotatable bonds is 3. The van der Waals surface area contributed by atoms with Crippen molar-refractivity contribution in [3.63, 3.8) is 0 Å². The van der Waals surface area contributed by atoms with E-state index >= 15 is 0 Å². The molecule has 23 heavy (non-hydrogen) atoms. The smallest absolute Gasteiger partial charge is 0.259 e. The molecule has 0 saturated carbocycles. The summed E-state index contributed by atoms with van der Waals surface area (Å²) in [5.74, 6) is -0.309. The summed E-state index contributed by atoms with van der Waals surface area (Å²) in [6, 6.07) is 1.57. The van der Waals surface area contributed by atoms with E-state index in [-0.39, 0.29) is 16.8 Å². The highest BCUT2D eigenvalue weighted by Gasteiger charge is 2.32. The molecular formula is C15H24ClN3O2S2. The van der Waals surface area contributed by atoms with Gasteiger partial charge in [-0.05, 0) is 33.1 Å². The van der Waals surface area contributed by atoms with Crippen molar-refractivity contribution in [3.05, 3.63) is 16.9 Å². The number of amides is 1. The van der Waals surface area contributed by atoms with Gasteiger partial charge in [0.05, 0.1) is 21.2 Å². The molecule has 1 aromatic rings. The highest BCUT2D eigenvalue weighted by Crippen LogP contribution is 2.27. The van der Waals surface area contributed by atoms with Crippen LogP contribution in [-0.2, 0) is 20.3 Å². The number of thioether (sulfide) groups is 1. The van der Waals surface area contributed by atoms with Gasteiger partial charge in [-0.2, -0.15) is 4.36 Å². The molecular weight excluding hydrogens is 354 g/mol. The fourth-order valence-electron chi connectivity index (χ4n) is 1.46. The van der Waals surface area contributed by atoms with Crippen molar-refractivity contribution in [2.75, 3.05) is 6.26 Å². The SMILES string of the molecule is CSc1nc(Cl)cc(C[S@@](=O)(=NC(=O)C(C)(C)C)C(C)(C)C)n1. The summed E-state index contributed by atoms with van der Waals surface area (Å²) in [5.41, 5.74) is -0.151. The van der Waals surface area contributed by atoms with Crippen molar-refractivity contribution < 1.29 is 9.00 Å². The van der Waals surface area contributed by atoms with Crippen LogP contribution in [0.2, 0.25) is 5.15 Å². The highest BCUT2D eigenvalue weighted by atomic mass is 35.5. The van der Waals surface area contributed by atoms with Crippen molar-refractivity contribution in [1.82, 2.24) is 9.97 Å². The predicted molar refractivity (Wildman–Crippen MR) is 97.3 cm³/mol. The number of aromatic nitrogens is 2. The van der Waals surface area contributed by atoms with Crippen LogP contribution in [0, 0.1) is 5.41 Å². The monoisotopic (exact) mass is 377 g/mol. The zero-order valence-electron chi connectivity index (χ0n) is 14.6. The third kappa shape index (κ3) is 5.43. The first-order valence-electron chi connectivity index (χ1n) is 7.15. The number of halogens is 1. The van der Waals surface area contributed by atoms with Crippen LogP contribution in [0.25, 0.3) is 0 Å². The number of hydrogen-bond acceptors (Lipinski definition) is 5. The van der Waals surface area contributed by atoms with E-state index in [9.17, 15) is 9.00 Å². The zero-order valence-corrected chi connectivity index (χ0v) is 17.0. The first kappa shape index (κ1) is 20.4. The molecule has 5 nitrogen and oxygen atoms in total. The minimum absolute atomic E-state index is 0.0636. The Labute approximate surface area is 148 Å². The van der Waals surface area contributed by atoms with Gasteiger partial charge in [-0.1, -0.05) is 44.1 Å². The third-order valence-electron chi connectivity index (χ3n) is 3.08. The molecule has 0 aliphatic rings. The van der Waals surface area contributed by atoms with Gasteiger partial charge in [0.2, 0.25) is 0 Å². The second-order valence-corrected chi connectivity index (χ2v) is 11.3. The molecule has 8 heteroatoms. The number of carbonyl (C=O) groups excluding carboxylic acids is 1. The van der Waals surface area contributed by atoms with E-state index in [4.69, 9.17) is 11.6 Å². The van der Waals surface area contributed by atoms with Gasteiger partial charge in [-0.15, -0.1) is 0 Å². The van der Waals surface area contributed by atoms with E-state index in [1.807, 2.05) is 27.0 Å². The first-order valence-corrected chi connectivity index (χ1v) is 10.4. The maximum Gasteiger partial charge on any atom is 0.259 e. The summed E-state index contributed by atoms with van der Waals surface area (Å²) in [4.78, 5) is 20.7. The summed E-state index contributed by atoms with van der Waals surface area (Å²) in [7, 11) is -2.87. The molecule has 0 bridgehead atoms. The molecule has 1 amide bonds. The quantitative estimate of drug-likeness (QED) is 0.448. The predicted octanol–water partition coefficient (Wildman–Crippen LogP) is 4.19. The fourth-order valence-corrected chi connectivity index (χ4v) is 3.98. The molecule has 0 aliphatic carbocycles. The molecule has 130 valence electrons. The molecule has 0 unspecified atom stereocenters. The Balaban J connectivity index is 3.41. The Morgan fingerprint density at radius 1 is 1.26 bits per heavy atom. The number of hydrogen-bond donors (Lipinski definition) is 0. The molecule has 1 atom stereocenters. The average Bonchev–Trinajstić information content (AvgIpc) is 2.35. The van der Waals surface area contributed by atoms with Crippen molar-refractivity contribution >= 4 is 39.0 Å². The van der Waals surface area contributed by atoms with Crippen molar-refractivity contribution in [2.24, 2.45) is 9.78 Å². The molecule has 1 heterocycles.